The fourth-order valence-corrected chi connectivity index (χ4v) is 2.67. The summed E-state index contributed by atoms with van der Waals surface area (Å²) >= 11 is 5.41. The van der Waals surface area contributed by atoms with Crippen LogP contribution in [0.25, 0.3) is 0 Å². The summed E-state index contributed by atoms with van der Waals surface area (Å²) in [4.78, 5) is -0.528. The normalized spacial score (nSPS) is 14.3. The van der Waals surface area contributed by atoms with Gasteiger partial charge in [-0.1, -0.05) is 11.6 Å². The van der Waals surface area contributed by atoms with Gasteiger partial charge in [-0.05, 0) is 31.5 Å². The van der Waals surface area contributed by atoms with Gasteiger partial charge in [-0.15, -0.1) is 0 Å². The van der Waals surface area contributed by atoms with Crippen molar-refractivity contribution < 1.29 is 26.7 Å². The average molecular weight is 332 g/mol. The number of hydrogen-bond acceptors (Lipinski definition) is 3. The van der Waals surface area contributed by atoms with E-state index in [-0.39, 0.29) is 13.0 Å². The molecule has 1 aromatic rings. The van der Waals surface area contributed by atoms with Gasteiger partial charge in [0.2, 0.25) is 10.0 Å². The summed E-state index contributed by atoms with van der Waals surface area (Å²) < 4.78 is 63.6. The van der Waals surface area contributed by atoms with E-state index < -0.39 is 37.8 Å². The molecule has 0 bridgehead atoms. The van der Waals surface area contributed by atoms with E-state index in [0.717, 1.165) is 12.1 Å². The van der Waals surface area contributed by atoms with Gasteiger partial charge < -0.3 is 5.11 Å². The highest BCUT2D eigenvalue weighted by molar-refractivity contribution is 7.89. The van der Waals surface area contributed by atoms with Crippen LogP contribution in [0.15, 0.2) is 23.1 Å². The molecule has 114 valence electrons. The van der Waals surface area contributed by atoms with Crippen LogP contribution < -0.4 is 4.72 Å². The summed E-state index contributed by atoms with van der Waals surface area (Å²) in [5.41, 5.74) is -1.21. The van der Waals surface area contributed by atoms with Gasteiger partial charge in [0.05, 0.1) is 21.6 Å². The molecule has 9 heteroatoms. The van der Waals surface area contributed by atoms with Crippen molar-refractivity contribution in [2.75, 3.05) is 6.54 Å². The van der Waals surface area contributed by atoms with Gasteiger partial charge in [0, 0.05) is 6.54 Å². The van der Waals surface area contributed by atoms with Gasteiger partial charge in [-0.2, -0.15) is 13.2 Å². The molecule has 0 aliphatic carbocycles. The molecule has 1 atom stereocenters. The molecular formula is C11H13ClF3NO3S. The maximum Gasteiger partial charge on any atom is 0.417 e. The molecule has 1 aromatic carbocycles. The van der Waals surface area contributed by atoms with Crippen molar-refractivity contribution in [1.82, 2.24) is 4.72 Å². The monoisotopic (exact) mass is 331 g/mol. The number of benzene rings is 1. The lowest BCUT2D eigenvalue weighted by Gasteiger charge is -2.12. The Morgan fingerprint density at radius 1 is 1.40 bits per heavy atom. The maximum atomic E-state index is 12.6. The summed E-state index contributed by atoms with van der Waals surface area (Å²) in [5, 5.41) is 8.44. The van der Waals surface area contributed by atoms with E-state index in [4.69, 9.17) is 16.7 Å². The Labute approximate surface area is 119 Å². The molecule has 0 amide bonds. The molecule has 0 saturated carbocycles. The van der Waals surface area contributed by atoms with E-state index in [9.17, 15) is 21.6 Å². The van der Waals surface area contributed by atoms with Gasteiger partial charge in [-0.3, -0.25) is 0 Å². The second-order valence-electron chi connectivity index (χ2n) is 4.17. The first-order valence-electron chi connectivity index (χ1n) is 5.58. The molecule has 0 heterocycles. The van der Waals surface area contributed by atoms with Crippen LogP contribution >= 0.6 is 11.6 Å². The number of halogens is 4. The molecule has 4 nitrogen and oxygen atoms in total. The smallest absolute Gasteiger partial charge is 0.393 e. The fourth-order valence-electron chi connectivity index (χ4n) is 1.37. The van der Waals surface area contributed by atoms with Crippen LogP contribution in [0.4, 0.5) is 13.2 Å². The summed E-state index contributed by atoms with van der Waals surface area (Å²) in [6.45, 7) is 1.39. The highest BCUT2D eigenvalue weighted by Gasteiger charge is 2.34. The molecular weight excluding hydrogens is 319 g/mol. The van der Waals surface area contributed by atoms with Crippen molar-refractivity contribution in [3.63, 3.8) is 0 Å². The minimum Gasteiger partial charge on any atom is -0.393 e. The highest BCUT2D eigenvalue weighted by atomic mass is 35.5. The van der Waals surface area contributed by atoms with Crippen LogP contribution in [-0.2, 0) is 16.2 Å². The summed E-state index contributed by atoms with van der Waals surface area (Å²) in [6.07, 6.45) is -5.30. The van der Waals surface area contributed by atoms with Crippen molar-refractivity contribution in [2.45, 2.75) is 30.5 Å². The molecule has 0 aromatic heterocycles. The van der Waals surface area contributed by atoms with Crippen molar-refractivity contribution >= 4 is 21.6 Å². The second kappa shape index (κ2) is 6.30. The number of aliphatic hydroxyl groups excluding tert-OH is 1. The second-order valence-corrected chi connectivity index (χ2v) is 6.35. The Balaban J connectivity index is 3.02. The van der Waals surface area contributed by atoms with Gasteiger partial charge >= 0.3 is 6.18 Å². The third-order valence-electron chi connectivity index (χ3n) is 2.41. The van der Waals surface area contributed by atoms with Crippen LogP contribution in [0.2, 0.25) is 5.02 Å². The van der Waals surface area contributed by atoms with Crippen LogP contribution in [0, 0.1) is 0 Å². The molecule has 2 N–H and O–H groups in total. The topological polar surface area (TPSA) is 66.4 Å². The number of rotatable bonds is 5. The largest absolute Gasteiger partial charge is 0.417 e. The minimum absolute atomic E-state index is 0.0794. The average Bonchev–Trinajstić information content (AvgIpc) is 2.26. The third kappa shape index (κ3) is 4.62. The van der Waals surface area contributed by atoms with Crippen LogP contribution in [0.1, 0.15) is 18.9 Å². The Bertz CT molecular complexity index is 573. The molecule has 1 unspecified atom stereocenters. The molecule has 0 saturated heterocycles. The van der Waals surface area contributed by atoms with Crippen molar-refractivity contribution in [3.05, 3.63) is 28.8 Å². The van der Waals surface area contributed by atoms with Crippen molar-refractivity contribution in [1.29, 1.82) is 0 Å². The minimum atomic E-state index is -4.73. The summed E-state index contributed by atoms with van der Waals surface area (Å²) in [6, 6.07) is 2.35. The maximum absolute atomic E-state index is 12.6. The zero-order chi connectivity index (χ0) is 15.6. The number of alkyl halides is 3. The first-order valence-corrected chi connectivity index (χ1v) is 7.44. The van der Waals surface area contributed by atoms with E-state index in [0.29, 0.717) is 6.07 Å². The number of aliphatic hydroxyl groups is 1. The van der Waals surface area contributed by atoms with E-state index >= 15 is 0 Å². The zero-order valence-electron chi connectivity index (χ0n) is 10.4. The summed E-state index contributed by atoms with van der Waals surface area (Å²) in [5.74, 6) is 0. The predicted molar refractivity (Wildman–Crippen MR) is 67.9 cm³/mol. The van der Waals surface area contributed by atoms with Crippen LogP contribution in [0.3, 0.4) is 0 Å². The molecule has 0 fully saturated rings. The Hall–Kier alpha value is -0.830. The third-order valence-corrected chi connectivity index (χ3v) is 4.20. The lowest BCUT2D eigenvalue weighted by molar-refractivity contribution is -0.137. The molecule has 0 radical (unpaired) electrons. The Morgan fingerprint density at radius 2 is 2.00 bits per heavy atom. The number of hydrogen-bond donors (Lipinski definition) is 2. The standard InChI is InChI=1S/C11H13ClF3NO3S/c1-7(17)4-5-16-20(18,19)8-2-3-10(12)9(6-8)11(13,14)15/h2-3,6-7,16-17H,4-5H2,1H3. The lowest BCUT2D eigenvalue weighted by Crippen LogP contribution is -2.27. The lowest BCUT2D eigenvalue weighted by atomic mass is 10.2. The molecule has 1 rings (SSSR count). The van der Waals surface area contributed by atoms with E-state index in [1.807, 2.05) is 0 Å². The van der Waals surface area contributed by atoms with E-state index in [1.54, 1.807) is 0 Å². The van der Waals surface area contributed by atoms with Crippen molar-refractivity contribution in [3.8, 4) is 0 Å². The first-order chi connectivity index (χ1) is 9.04. The summed E-state index contributed by atoms with van der Waals surface area (Å²) in [7, 11) is -4.08. The molecule has 0 aliphatic rings. The quantitative estimate of drug-likeness (QED) is 0.870. The molecule has 0 aliphatic heterocycles. The van der Waals surface area contributed by atoms with Gasteiger partial charge in [-0.25, -0.2) is 13.1 Å². The fraction of sp³-hybridized carbons (Fsp3) is 0.455. The Morgan fingerprint density at radius 3 is 2.50 bits per heavy atom. The SMILES string of the molecule is CC(O)CCNS(=O)(=O)c1ccc(Cl)c(C(F)(F)F)c1. The number of sulfonamides is 1. The highest BCUT2D eigenvalue weighted by Crippen LogP contribution is 2.35. The van der Waals surface area contributed by atoms with Crippen LogP contribution in [0.5, 0.6) is 0 Å². The zero-order valence-corrected chi connectivity index (χ0v) is 12.0. The van der Waals surface area contributed by atoms with Crippen molar-refractivity contribution in [2.24, 2.45) is 0 Å². The Kier molecular flexibility index (Phi) is 5.42. The van der Waals surface area contributed by atoms with Crippen LogP contribution in [-0.4, -0.2) is 26.2 Å². The molecule has 20 heavy (non-hydrogen) atoms. The first kappa shape index (κ1) is 17.2. The van der Waals surface area contributed by atoms with Gasteiger partial charge in [0.1, 0.15) is 0 Å². The number of nitrogens with one attached hydrogen (secondary N) is 1. The van der Waals surface area contributed by atoms with Gasteiger partial charge in [0.25, 0.3) is 0 Å². The van der Waals surface area contributed by atoms with Gasteiger partial charge in [0.15, 0.2) is 0 Å². The molecule has 0 spiro atoms. The van der Waals surface area contributed by atoms with E-state index in [2.05, 4.69) is 4.72 Å². The van der Waals surface area contributed by atoms with E-state index in [1.165, 1.54) is 6.92 Å². The predicted octanol–water partition coefficient (Wildman–Crippen LogP) is 2.41.